The molecule has 0 aliphatic rings. The Labute approximate surface area is 106 Å². The van der Waals surface area contributed by atoms with Crippen molar-refractivity contribution in [2.75, 3.05) is 6.54 Å². The third-order valence-corrected chi connectivity index (χ3v) is 2.83. The molecule has 18 heavy (non-hydrogen) atoms. The summed E-state index contributed by atoms with van der Waals surface area (Å²) in [5, 5.41) is 14.1. The molecule has 0 unspecified atom stereocenters. The molecule has 3 nitrogen and oxygen atoms in total. The normalized spacial score (nSPS) is 12.3. The fraction of sp³-hybridized carbons (Fsp3) is 0.267. The highest BCUT2D eigenvalue weighted by atomic mass is 16.3. The third kappa shape index (κ3) is 3.08. The van der Waals surface area contributed by atoms with Crippen molar-refractivity contribution in [1.29, 1.82) is 0 Å². The molecule has 94 valence electrons. The molecule has 0 aliphatic heterocycles. The summed E-state index contributed by atoms with van der Waals surface area (Å²) in [7, 11) is 0. The predicted molar refractivity (Wildman–Crippen MR) is 72.3 cm³/mol. The van der Waals surface area contributed by atoms with Crippen LogP contribution in [-0.2, 0) is 11.2 Å². The predicted octanol–water partition coefficient (Wildman–Crippen LogP) is 1.88. The zero-order valence-corrected chi connectivity index (χ0v) is 10.4. The van der Waals surface area contributed by atoms with Crippen LogP contribution < -0.4 is 5.32 Å². The Bertz CT molecular complexity index is 544. The molecule has 0 radical (unpaired) electrons. The van der Waals surface area contributed by atoms with E-state index in [1.54, 1.807) is 6.92 Å². The van der Waals surface area contributed by atoms with Crippen LogP contribution in [0, 0.1) is 0 Å². The van der Waals surface area contributed by atoms with Crippen molar-refractivity contribution in [2.24, 2.45) is 0 Å². The van der Waals surface area contributed by atoms with E-state index in [2.05, 4.69) is 5.32 Å². The van der Waals surface area contributed by atoms with E-state index in [-0.39, 0.29) is 5.91 Å². The zero-order chi connectivity index (χ0) is 13.0. The molecule has 0 aliphatic carbocycles. The second-order valence-corrected chi connectivity index (χ2v) is 4.47. The van der Waals surface area contributed by atoms with Crippen LogP contribution in [0.4, 0.5) is 0 Å². The summed E-state index contributed by atoms with van der Waals surface area (Å²) >= 11 is 0. The van der Waals surface area contributed by atoms with Gasteiger partial charge in [-0.2, -0.15) is 0 Å². The van der Waals surface area contributed by atoms with E-state index in [1.807, 2.05) is 42.5 Å². The highest BCUT2D eigenvalue weighted by Gasteiger charge is 2.07. The summed E-state index contributed by atoms with van der Waals surface area (Å²) in [5.74, 6) is -0.0627. The lowest BCUT2D eigenvalue weighted by Crippen LogP contribution is -2.31. The zero-order valence-electron chi connectivity index (χ0n) is 10.4. The van der Waals surface area contributed by atoms with Crippen LogP contribution in [-0.4, -0.2) is 23.7 Å². The molecule has 0 saturated carbocycles. The maximum atomic E-state index is 11.7. The molecule has 3 heteroatoms. The lowest BCUT2D eigenvalue weighted by atomic mass is 10.0. The Morgan fingerprint density at radius 1 is 1.22 bits per heavy atom. The first-order valence-electron chi connectivity index (χ1n) is 6.08. The van der Waals surface area contributed by atoms with Gasteiger partial charge in [-0.3, -0.25) is 4.79 Å². The summed E-state index contributed by atoms with van der Waals surface area (Å²) in [4.78, 5) is 11.7. The number of aliphatic hydroxyl groups is 1. The molecule has 0 fully saturated rings. The van der Waals surface area contributed by atoms with Gasteiger partial charge < -0.3 is 10.4 Å². The number of fused-ring (bicyclic) bond motifs is 1. The average Bonchev–Trinajstić information content (AvgIpc) is 2.37. The Morgan fingerprint density at radius 3 is 2.72 bits per heavy atom. The Hall–Kier alpha value is -1.87. The van der Waals surface area contributed by atoms with Crippen LogP contribution in [0.25, 0.3) is 10.8 Å². The van der Waals surface area contributed by atoms with Gasteiger partial charge in [0.25, 0.3) is 0 Å². The number of carbonyl (C=O) groups is 1. The van der Waals surface area contributed by atoms with Crippen molar-refractivity contribution >= 4 is 16.7 Å². The molecule has 2 aromatic carbocycles. The molecule has 2 aromatic rings. The van der Waals surface area contributed by atoms with Crippen LogP contribution in [0.1, 0.15) is 12.5 Å². The van der Waals surface area contributed by atoms with E-state index >= 15 is 0 Å². The van der Waals surface area contributed by atoms with Gasteiger partial charge in [-0.25, -0.2) is 0 Å². The summed E-state index contributed by atoms with van der Waals surface area (Å²) in [6.07, 6.45) is -0.171. The minimum atomic E-state index is -0.513. The number of nitrogens with one attached hydrogen (secondary N) is 1. The highest BCUT2D eigenvalue weighted by molar-refractivity contribution is 5.90. The van der Waals surface area contributed by atoms with Gasteiger partial charge in [0.1, 0.15) is 0 Å². The lowest BCUT2D eigenvalue weighted by Gasteiger charge is -2.09. The van der Waals surface area contributed by atoms with E-state index in [0.717, 1.165) is 16.3 Å². The van der Waals surface area contributed by atoms with Crippen LogP contribution in [0.2, 0.25) is 0 Å². The molecule has 1 amide bonds. The minimum Gasteiger partial charge on any atom is -0.392 e. The maximum Gasteiger partial charge on any atom is 0.224 e. The van der Waals surface area contributed by atoms with Gasteiger partial charge in [0, 0.05) is 6.54 Å². The molecule has 0 aromatic heterocycles. The summed E-state index contributed by atoms with van der Waals surface area (Å²) < 4.78 is 0. The Kier molecular flexibility index (Phi) is 3.95. The number of aliphatic hydroxyl groups excluding tert-OH is 1. The maximum absolute atomic E-state index is 11.7. The Morgan fingerprint density at radius 2 is 1.94 bits per heavy atom. The largest absolute Gasteiger partial charge is 0.392 e. The topological polar surface area (TPSA) is 49.3 Å². The van der Waals surface area contributed by atoms with E-state index in [1.165, 1.54) is 0 Å². The number of carbonyl (C=O) groups excluding carboxylic acids is 1. The van der Waals surface area contributed by atoms with Crippen LogP contribution in [0.3, 0.4) is 0 Å². The van der Waals surface area contributed by atoms with Gasteiger partial charge in [0.15, 0.2) is 0 Å². The third-order valence-electron chi connectivity index (χ3n) is 2.83. The van der Waals surface area contributed by atoms with Crippen molar-refractivity contribution in [3.05, 3.63) is 48.0 Å². The van der Waals surface area contributed by atoms with E-state index < -0.39 is 6.10 Å². The fourth-order valence-corrected chi connectivity index (χ4v) is 1.94. The van der Waals surface area contributed by atoms with Gasteiger partial charge in [-0.15, -0.1) is 0 Å². The van der Waals surface area contributed by atoms with Gasteiger partial charge in [-0.05, 0) is 23.3 Å². The molecule has 2 N–H and O–H groups in total. The van der Waals surface area contributed by atoms with Crippen LogP contribution in [0.15, 0.2) is 42.5 Å². The standard InChI is InChI=1S/C15H17NO2/c1-11(17)10-16-15(18)9-13-7-4-6-12-5-2-3-8-14(12)13/h2-8,11,17H,9-10H2,1H3,(H,16,18)/t11-/m1/s1. The summed E-state index contributed by atoms with van der Waals surface area (Å²) in [6, 6.07) is 14.0. The first-order valence-corrected chi connectivity index (χ1v) is 6.08. The summed E-state index contributed by atoms with van der Waals surface area (Å²) in [6.45, 7) is 1.95. The minimum absolute atomic E-state index is 0.0627. The second kappa shape index (κ2) is 5.65. The second-order valence-electron chi connectivity index (χ2n) is 4.47. The first kappa shape index (κ1) is 12.6. The summed E-state index contributed by atoms with van der Waals surface area (Å²) in [5.41, 5.74) is 1.01. The van der Waals surface area contributed by atoms with Crippen molar-refractivity contribution in [2.45, 2.75) is 19.4 Å². The monoisotopic (exact) mass is 243 g/mol. The van der Waals surface area contributed by atoms with Gasteiger partial charge in [0.05, 0.1) is 12.5 Å². The van der Waals surface area contributed by atoms with Crippen molar-refractivity contribution in [3.63, 3.8) is 0 Å². The molecule has 0 heterocycles. The van der Waals surface area contributed by atoms with Crippen LogP contribution >= 0.6 is 0 Å². The van der Waals surface area contributed by atoms with Crippen molar-refractivity contribution in [1.82, 2.24) is 5.32 Å². The quantitative estimate of drug-likeness (QED) is 0.861. The molecular formula is C15H17NO2. The number of hydrogen-bond donors (Lipinski definition) is 2. The SMILES string of the molecule is C[C@@H](O)CNC(=O)Cc1cccc2ccccc12. The number of hydrogen-bond acceptors (Lipinski definition) is 2. The molecule has 0 spiro atoms. The van der Waals surface area contributed by atoms with Gasteiger partial charge in [0.2, 0.25) is 5.91 Å². The van der Waals surface area contributed by atoms with Crippen LogP contribution in [0.5, 0.6) is 0 Å². The molecular weight excluding hydrogens is 226 g/mol. The lowest BCUT2D eigenvalue weighted by molar-refractivity contribution is -0.120. The fourth-order valence-electron chi connectivity index (χ4n) is 1.94. The van der Waals surface area contributed by atoms with Crippen molar-refractivity contribution < 1.29 is 9.90 Å². The number of benzene rings is 2. The highest BCUT2D eigenvalue weighted by Crippen LogP contribution is 2.18. The molecule has 1 atom stereocenters. The number of amides is 1. The molecule has 0 bridgehead atoms. The smallest absolute Gasteiger partial charge is 0.224 e. The van der Waals surface area contributed by atoms with Gasteiger partial charge in [-0.1, -0.05) is 42.5 Å². The average molecular weight is 243 g/mol. The first-order chi connectivity index (χ1) is 8.66. The molecule has 2 rings (SSSR count). The van der Waals surface area contributed by atoms with E-state index in [4.69, 9.17) is 5.11 Å². The Balaban J connectivity index is 2.14. The number of rotatable bonds is 4. The van der Waals surface area contributed by atoms with E-state index in [0.29, 0.717) is 13.0 Å². The van der Waals surface area contributed by atoms with E-state index in [9.17, 15) is 4.79 Å². The van der Waals surface area contributed by atoms with Gasteiger partial charge >= 0.3 is 0 Å². The molecule has 0 saturated heterocycles. The van der Waals surface area contributed by atoms with Crippen molar-refractivity contribution in [3.8, 4) is 0 Å².